The highest BCUT2D eigenvalue weighted by molar-refractivity contribution is 6.40. The van der Waals surface area contributed by atoms with E-state index in [0.717, 1.165) is 29.9 Å². The molecule has 2 unspecified atom stereocenters. The molecule has 1 amide bonds. The average molecular weight is 689 g/mol. The van der Waals surface area contributed by atoms with E-state index in [4.69, 9.17) is 32.7 Å². The molecule has 3 aliphatic rings. The molecule has 5 heterocycles. The summed E-state index contributed by atoms with van der Waals surface area (Å²) < 4.78 is 29.2. The number of carboxylic acid groups (broad SMARTS) is 1. The number of hydrogen-bond donors (Lipinski definition) is 1. The van der Waals surface area contributed by atoms with Gasteiger partial charge in [0, 0.05) is 35.3 Å². The molecule has 0 radical (unpaired) electrons. The Hall–Kier alpha value is -4.71. The van der Waals surface area contributed by atoms with Crippen molar-refractivity contribution >= 4 is 51.8 Å². The van der Waals surface area contributed by atoms with Crippen molar-refractivity contribution in [2.45, 2.75) is 31.5 Å². The second-order valence-electron chi connectivity index (χ2n) is 12.2. The van der Waals surface area contributed by atoms with Gasteiger partial charge in [0.25, 0.3) is 5.91 Å². The first-order chi connectivity index (χ1) is 23.2. The highest BCUT2D eigenvalue weighted by Gasteiger charge is 2.40. The van der Waals surface area contributed by atoms with Gasteiger partial charge in [-0.3, -0.25) is 9.48 Å². The Morgan fingerprint density at radius 2 is 1.75 bits per heavy atom. The number of ether oxygens (including phenoxy) is 2. The molecule has 244 valence electrons. The molecule has 5 aromatic rings. The van der Waals surface area contributed by atoms with Gasteiger partial charge in [0.2, 0.25) is 0 Å². The molecule has 2 fully saturated rings. The van der Waals surface area contributed by atoms with Crippen LogP contribution in [0.15, 0.2) is 60.9 Å². The summed E-state index contributed by atoms with van der Waals surface area (Å²) in [5.41, 5.74) is 4.09. The van der Waals surface area contributed by atoms with E-state index in [9.17, 15) is 14.7 Å². The molecule has 13 heteroatoms. The second-order valence-corrected chi connectivity index (χ2v) is 13.0. The zero-order valence-corrected chi connectivity index (χ0v) is 27.1. The Labute approximate surface area is 284 Å². The van der Waals surface area contributed by atoms with Crippen LogP contribution in [0.3, 0.4) is 0 Å². The van der Waals surface area contributed by atoms with Crippen LogP contribution in [0.2, 0.25) is 10.0 Å². The van der Waals surface area contributed by atoms with Gasteiger partial charge in [-0.1, -0.05) is 41.4 Å². The smallest absolute Gasteiger partial charge is 0.337 e. The monoisotopic (exact) mass is 687 g/mol. The highest BCUT2D eigenvalue weighted by atomic mass is 35.5. The fraction of sp³-hybridized carbons (Fsp3) is 0.257. The summed E-state index contributed by atoms with van der Waals surface area (Å²) in [4.78, 5) is 34.0. The lowest BCUT2D eigenvalue weighted by Crippen LogP contribution is -2.46. The van der Waals surface area contributed by atoms with E-state index >= 15 is 4.39 Å². The third kappa shape index (κ3) is 4.96. The lowest BCUT2D eigenvalue weighted by atomic mass is 9.96. The van der Waals surface area contributed by atoms with Crippen molar-refractivity contribution in [1.82, 2.24) is 19.7 Å². The summed E-state index contributed by atoms with van der Waals surface area (Å²) in [6, 6.07) is 13.3. The highest BCUT2D eigenvalue weighted by Crippen LogP contribution is 2.43. The van der Waals surface area contributed by atoms with E-state index < -0.39 is 17.7 Å². The minimum atomic E-state index is -1.20. The Morgan fingerprint density at radius 3 is 2.48 bits per heavy atom. The summed E-state index contributed by atoms with van der Waals surface area (Å²) in [6.45, 7) is 1.01. The molecule has 2 bridgehead atoms. The minimum Gasteiger partial charge on any atom is -0.478 e. The first-order valence-corrected chi connectivity index (χ1v) is 16.2. The number of halogens is 3. The summed E-state index contributed by atoms with van der Waals surface area (Å²) >= 11 is 13.4. The van der Waals surface area contributed by atoms with Gasteiger partial charge in [-0.05, 0) is 54.3 Å². The van der Waals surface area contributed by atoms with Gasteiger partial charge < -0.3 is 24.4 Å². The standard InChI is InChI=1S/C35H28Cl2FN5O5/c1-41-33-26(13-40-41)22(7-8-39-33)19-9-27(36)31(28(37)10-19)34(44)42-14-18-3-2-4-23(32(18)48-17-42)24-12-30(25(35(45)46)11-29(24)38)43-20-5-6-21(43)16-47-15-20/h2-4,7-13,20-21H,5-6,14-17H2,1H3,(H,45,46). The molecular formula is C35H28Cl2FN5O5. The third-order valence-corrected chi connectivity index (χ3v) is 10.0. The Kier molecular flexibility index (Phi) is 7.50. The first kappa shape index (κ1) is 30.6. The minimum absolute atomic E-state index is 0.0226. The Bertz CT molecular complexity index is 2120. The largest absolute Gasteiger partial charge is 0.478 e. The number of carboxylic acids is 1. The molecule has 2 aromatic heterocycles. The molecule has 2 saturated heterocycles. The maximum absolute atomic E-state index is 15.7. The number of pyridine rings is 1. The fourth-order valence-corrected chi connectivity index (χ4v) is 7.83. The molecule has 3 aliphatic heterocycles. The fourth-order valence-electron chi connectivity index (χ4n) is 7.18. The number of carbonyl (C=O) groups is 2. The zero-order valence-electron chi connectivity index (χ0n) is 25.6. The molecule has 0 saturated carbocycles. The molecule has 2 atom stereocenters. The van der Waals surface area contributed by atoms with Crippen LogP contribution in [0, 0.1) is 5.82 Å². The van der Waals surface area contributed by atoms with Gasteiger partial charge in [-0.2, -0.15) is 5.10 Å². The number of anilines is 1. The molecule has 3 aromatic carbocycles. The molecule has 0 aliphatic carbocycles. The van der Waals surface area contributed by atoms with E-state index in [-0.39, 0.29) is 52.1 Å². The van der Waals surface area contributed by atoms with Gasteiger partial charge in [0.1, 0.15) is 11.6 Å². The van der Waals surface area contributed by atoms with Crippen LogP contribution in [0.25, 0.3) is 33.3 Å². The number of benzene rings is 3. The zero-order chi connectivity index (χ0) is 33.3. The summed E-state index contributed by atoms with van der Waals surface area (Å²) in [5.74, 6) is -1.87. The van der Waals surface area contributed by atoms with E-state index in [2.05, 4.69) is 15.0 Å². The van der Waals surface area contributed by atoms with E-state index in [1.54, 1.807) is 60.5 Å². The van der Waals surface area contributed by atoms with Crippen molar-refractivity contribution in [3.05, 3.63) is 93.5 Å². The van der Waals surface area contributed by atoms with E-state index in [1.807, 2.05) is 6.07 Å². The van der Waals surface area contributed by atoms with Crippen LogP contribution in [-0.4, -0.2) is 68.7 Å². The molecule has 48 heavy (non-hydrogen) atoms. The van der Waals surface area contributed by atoms with Crippen molar-refractivity contribution in [2.24, 2.45) is 7.05 Å². The number of para-hydroxylation sites is 1. The molecular weight excluding hydrogens is 660 g/mol. The normalized spacial score (nSPS) is 18.6. The number of morpholine rings is 1. The molecule has 8 rings (SSSR count). The van der Waals surface area contributed by atoms with Crippen molar-refractivity contribution in [3.63, 3.8) is 0 Å². The predicted octanol–water partition coefficient (Wildman–Crippen LogP) is 6.81. The second kappa shape index (κ2) is 11.8. The summed E-state index contributed by atoms with van der Waals surface area (Å²) in [7, 11) is 1.81. The number of carbonyl (C=O) groups excluding carboxylic acids is 1. The molecule has 1 N–H and O–H groups in total. The van der Waals surface area contributed by atoms with Crippen LogP contribution in [0.4, 0.5) is 10.1 Å². The SMILES string of the molecule is Cn1ncc2c(-c3cc(Cl)c(C(=O)N4COc5c(cccc5-c5cc(N6C7CCC6COC7)c(C(=O)O)cc5F)C4)c(Cl)c3)ccnc21. The Morgan fingerprint density at radius 1 is 1.00 bits per heavy atom. The number of rotatable bonds is 5. The maximum Gasteiger partial charge on any atom is 0.337 e. The predicted molar refractivity (Wildman–Crippen MR) is 178 cm³/mol. The van der Waals surface area contributed by atoms with Gasteiger partial charge in [-0.15, -0.1) is 0 Å². The Balaban J connectivity index is 1.11. The lowest BCUT2D eigenvalue weighted by molar-refractivity contribution is 0.0516. The maximum atomic E-state index is 15.7. The number of nitrogens with zero attached hydrogens (tertiary/aromatic N) is 5. The summed E-state index contributed by atoms with van der Waals surface area (Å²) in [6.07, 6.45) is 5.14. The van der Waals surface area contributed by atoms with Crippen LogP contribution >= 0.6 is 23.2 Å². The topological polar surface area (TPSA) is 110 Å². The number of aromatic nitrogens is 3. The number of aromatic carboxylic acids is 1. The number of fused-ring (bicyclic) bond motifs is 4. The lowest BCUT2D eigenvalue weighted by Gasteiger charge is -2.37. The summed E-state index contributed by atoms with van der Waals surface area (Å²) in [5, 5.41) is 15.5. The van der Waals surface area contributed by atoms with E-state index in [0.29, 0.717) is 47.0 Å². The van der Waals surface area contributed by atoms with E-state index in [1.165, 1.54) is 4.90 Å². The van der Waals surface area contributed by atoms with Crippen molar-refractivity contribution < 1.29 is 28.6 Å². The van der Waals surface area contributed by atoms with Crippen LogP contribution in [0.1, 0.15) is 39.1 Å². The molecule has 0 spiro atoms. The van der Waals surface area contributed by atoms with Crippen LogP contribution in [-0.2, 0) is 18.3 Å². The van der Waals surface area contributed by atoms with Crippen LogP contribution in [0.5, 0.6) is 5.75 Å². The average Bonchev–Trinajstić information content (AvgIpc) is 3.57. The quantitative estimate of drug-likeness (QED) is 0.215. The van der Waals surface area contributed by atoms with Gasteiger partial charge >= 0.3 is 5.97 Å². The number of aryl methyl sites for hydroxylation is 1. The van der Waals surface area contributed by atoms with Crippen molar-refractivity contribution in [1.29, 1.82) is 0 Å². The van der Waals surface area contributed by atoms with Crippen LogP contribution < -0.4 is 9.64 Å². The van der Waals surface area contributed by atoms with Crippen molar-refractivity contribution in [3.8, 4) is 28.0 Å². The number of amides is 1. The molecule has 10 nitrogen and oxygen atoms in total. The van der Waals surface area contributed by atoms with Gasteiger partial charge in [-0.25, -0.2) is 14.2 Å². The van der Waals surface area contributed by atoms with Gasteiger partial charge in [0.05, 0.1) is 64.9 Å². The van der Waals surface area contributed by atoms with Crippen molar-refractivity contribution in [2.75, 3.05) is 24.8 Å². The van der Waals surface area contributed by atoms with Gasteiger partial charge in [0.15, 0.2) is 12.4 Å². The third-order valence-electron chi connectivity index (χ3n) is 9.44. The first-order valence-electron chi connectivity index (χ1n) is 15.4. The number of hydrogen-bond acceptors (Lipinski definition) is 7.